The number of nitrogens with one attached hydrogen (secondary N) is 1. The van der Waals surface area contributed by atoms with Gasteiger partial charge in [0.25, 0.3) is 11.8 Å². The van der Waals surface area contributed by atoms with Crippen molar-refractivity contribution in [3.63, 3.8) is 0 Å². The van der Waals surface area contributed by atoms with Gasteiger partial charge in [0.1, 0.15) is 0 Å². The minimum Gasteiger partial charge on any atom is -0.328 e. The van der Waals surface area contributed by atoms with Crippen molar-refractivity contribution < 1.29 is 9.59 Å². The van der Waals surface area contributed by atoms with E-state index in [-0.39, 0.29) is 17.9 Å². The summed E-state index contributed by atoms with van der Waals surface area (Å²) in [6.45, 7) is 2.45. The zero-order chi connectivity index (χ0) is 21.8. The average molecular weight is 435 g/mol. The van der Waals surface area contributed by atoms with Crippen molar-refractivity contribution in [1.82, 2.24) is 14.9 Å². The molecule has 2 heterocycles. The fourth-order valence-corrected chi connectivity index (χ4v) is 3.92. The normalized spacial score (nSPS) is 16.1. The maximum atomic E-state index is 13.1. The summed E-state index contributed by atoms with van der Waals surface area (Å²) in [4.78, 5) is 36.7. The third-order valence-electron chi connectivity index (χ3n) is 5.43. The lowest BCUT2D eigenvalue weighted by Crippen LogP contribution is -2.39. The summed E-state index contributed by atoms with van der Waals surface area (Å²) in [7, 11) is 0. The number of hydrogen-bond donors (Lipinski definition) is 1. The minimum absolute atomic E-state index is 0.0175. The second kappa shape index (κ2) is 9.27. The van der Waals surface area contributed by atoms with Crippen molar-refractivity contribution in [3.8, 4) is 0 Å². The van der Waals surface area contributed by atoms with E-state index in [0.29, 0.717) is 39.9 Å². The summed E-state index contributed by atoms with van der Waals surface area (Å²) in [5.74, 6) is 0.271. The maximum absolute atomic E-state index is 13.1. The molecule has 0 spiro atoms. The summed E-state index contributed by atoms with van der Waals surface area (Å²) in [6.07, 6.45) is 4.30. The summed E-state index contributed by atoms with van der Waals surface area (Å²) >= 11 is 5.89. The Hall–Kier alpha value is -3.25. The van der Waals surface area contributed by atoms with Gasteiger partial charge >= 0.3 is 0 Å². The van der Waals surface area contributed by atoms with Crippen LogP contribution >= 0.6 is 11.6 Å². The number of amides is 2. The molecular weight excluding hydrogens is 412 g/mol. The molecule has 31 heavy (non-hydrogen) atoms. The van der Waals surface area contributed by atoms with Gasteiger partial charge in [-0.3, -0.25) is 9.59 Å². The number of carbonyl (C=O) groups excluding carboxylic acids is 2. The number of likely N-dealkylation sites (tertiary alicyclic amines) is 1. The smallest absolute Gasteiger partial charge is 0.259 e. The largest absolute Gasteiger partial charge is 0.328 e. The van der Waals surface area contributed by atoms with Crippen LogP contribution < -0.4 is 5.32 Å². The number of rotatable bonds is 4. The molecule has 3 aromatic rings. The van der Waals surface area contributed by atoms with E-state index < -0.39 is 0 Å². The highest BCUT2D eigenvalue weighted by Gasteiger charge is 2.31. The van der Waals surface area contributed by atoms with Crippen LogP contribution in [-0.4, -0.2) is 33.2 Å². The summed E-state index contributed by atoms with van der Waals surface area (Å²) in [5, 5.41) is 3.43. The molecule has 1 aliphatic heterocycles. The number of carbonyl (C=O) groups is 2. The molecule has 1 aromatic heterocycles. The molecule has 0 bridgehead atoms. The van der Waals surface area contributed by atoms with Crippen LogP contribution in [0, 0.1) is 6.92 Å². The number of aryl methyl sites for hydroxylation is 1. The first-order valence-electron chi connectivity index (χ1n) is 10.3. The Balaban J connectivity index is 1.55. The SMILES string of the molecule is Cc1nc(C2CCCCN2C(=O)c2ccccc2)ncc1C(=O)Nc1ccc(Cl)cc1. The van der Waals surface area contributed by atoms with Gasteiger partial charge in [-0.25, -0.2) is 9.97 Å². The van der Waals surface area contributed by atoms with Gasteiger partial charge in [0.05, 0.1) is 17.3 Å². The van der Waals surface area contributed by atoms with E-state index in [1.54, 1.807) is 37.4 Å². The minimum atomic E-state index is -0.285. The first-order chi connectivity index (χ1) is 15.0. The van der Waals surface area contributed by atoms with Crippen LogP contribution in [0.4, 0.5) is 5.69 Å². The van der Waals surface area contributed by atoms with Crippen molar-refractivity contribution in [2.24, 2.45) is 0 Å². The topological polar surface area (TPSA) is 75.2 Å². The second-order valence-corrected chi connectivity index (χ2v) is 8.00. The van der Waals surface area contributed by atoms with Gasteiger partial charge in [-0.15, -0.1) is 0 Å². The monoisotopic (exact) mass is 434 g/mol. The van der Waals surface area contributed by atoms with Crippen LogP contribution in [-0.2, 0) is 0 Å². The molecule has 7 heteroatoms. The molecule has 2 aromatic carbocycles. The Morgan fingerprint density at radius 3 is 2.52 bits per heavy atom. The Kier molecular flexibility index (Phi) is 6.28. The molecule has 6 nitrogen and oxygen atoms in total. The van der Waals surface area contributed by atoms with Gasteiger partial charge in [-0.1, -0.05) is 29.8 Å². The van der Waals surface area contributed by atoms with Crippen molar-refractivity contribution in [3.05, 3.63) is 88.5 Å². The summed E-state index contributed by atoms with van der Waals surface area (Å²) in [6, 6.07) is 16.0. The molecular formula is C24H23ClN4O2. The Labute approximate surface area is 186 Å². The number of aromatic nitrogens is 2. The quantitative estimate of drug-likeness (QED) is 0.622. The van der Waals surface area contributed by atoms with Gasteiger partial charge in [0.2, 0.25) is 0 Å². The molecule has 4 rings (SSSR count). The third kappa shape index (κ3) is 4.75. The lowest BCUT2D eigenvalue weighted by Gasteiger charge is -2.35. The first-order valence-corrected chi connectivity index (χ1v) is 10.7. The number of hydrogen-bond acceptors (Lipinski definition) is 4. The van der Waals surface area contributed by atoms with Gasteiger partial charge in [-0.05, 0) is 62.6 Å². The Morgan fingerprint density at radius 2 is 1.81 bits per heavy atom. The Morgan fingerprint density at radius 1 is 1.06 bits per heavy atom. The highest BCUT2D eigenvalue weighted by atomic mass is 35.5. The maximum Gasteiger partial charge on any atom is 0.259 e. The van der Waals surface area contributed by atoms with E-state index in [1.807, 2.05) is 35.2 Å². The highest BCUT2D eigenvalue weighted by Crippen LogP contribution is 2.30. The van der Waals surface area contributed by atoms with Crippen LogP contribution in [0.3, 0.4) is 0 Å². The van der Waals surface area contributed by atoms with Crippen LogP contribution in [0.15, 0.2) is 60.8 Å². The van der Waals surface area contributed by atoms with Crippen molar-refractivity contribution >= 4 is 29.1 Å². The van der Waals surface area contributed by atoms with E-state index in [1.165, 1.54) is 0 Å². The number of anilines is 1. The molecule has 1 fully saturated rings. The average Bonchev–Trinajstić information content (AvgIpc) is 2.80. The predicted molar refractivity (Wildman–Crippen MR) is 120 cm³/mol. The van der Waals surface area contributed by atoms with Gasteiger partial charge in [-0.2, -0.15) is 0 Å². The molecule has 1 unspecified atom stereocenters. The molecule has 0 saturated carbocycles. The third-order valence-corrected chi connectivity index (χ3v) is 5.68. The second-order valence-electron chi connectivity index (χ2n) is 7.56. The molecule has 158 valence electrons. The van der Waals surface area contributed by atoms with E-state index in [4.69, 9.17) is 11.6 Å². The standard InChI is InChI=1S/C24H23ClN4O2/c1-16-20(23(30)28-19-12-10-18(25)11-13-19)15-26-22(27-16)21-9-5-6-14-29(21)24(31)17-7-3-2-4-8-17/h2-4,7-8,10-13,15,21H,5-6,9,14H2,1H3,(H,28,30). The van der Waals surface area contributed by atoms with E-state index in [9.17, 15) is 9.59 Å². The number of benzene rings is 2. The van der Waals surface area contributed by atoms with E-state index in [0.717, 1.165) is 19.3 Å². The molecule has 1 N–H and O–H groups in total. The number of halogens is 1. The van der Waals surface area contributed by atoms with Crippen molar-refractivity contribution in [2.75, 3.05) is 11.9 Å². The Bertz CT molecular complexity index is 1090. The van der Waals surface area contributed by atoms with Crippen LogP contribution in [0.25, 0.3) is 0 Å². The van der Waals surface area contributed by atoms with E-state index >= 15 is 0 Å². The zero-order valence-electron chi connectivity index (χ0n) is 17.2. The molecule has 1 aliphatic rings. The zero-order valence-corrected chi connectivity index (χ0v) is 18.0. The predicted octanol–water partition coefficient (Wildman–Crippen LogP) is 5.06. The fraction of sp³-hybridized carbons (Fsp3) is 0.250. The molecule has 1 atom stereocenters. The van der Waals surface area contributed by atoms with Crippen LogP contribution in [0.2, 0.25) is 5.02 Å². The van der Waals surface area contributed by atoms with Crippen molar-refractivity contribution in [2.45, 2.75) is 32.2 Å². The van der Waals surface area contributed by atoms with Gasteiger partial charge in [0.15, 0.2) is 5.82 Å². The molecule has 0 aliphatic carbocycles. The van der Waals surface area contributed by atoms with E-state index in [2.05, 4.69) is 15.3 Å². The van der Waals surface area contributed by atoms with Gasteiger partial charge in [0, 0.05) is 29.0 Å². The molecule has 0 radical (unpaired) electrons. The lowest BCUT2D eigenvalue weighted by molar-refractivity contribution is 0.0599. The van der Waals surface area contributed by atoms with Crippen LogP contribution in [0.1, 0.15) is 57.5 Å². The highest BCUT2D eigenvalue weighted by molar-refractivity contribution is 6.30. The lowest BCUT2D eigenvalue weighted by atomic mass is 9.99. The number of piperidine rings is 1. The van der Waals surface area contributed by atoms with Gasteiger partial charge < -0.3 is 10.2 Å². The summed E-state index contributed by atoms with van der Waals surface area (Å²) in [5.41, 5.74) is 2.28. The van der Waals surface area contributed by atoms with Crippen molar-refractivity contribution in [1.29, 1.82) is 0 Å². The number of nitrogens with zero attached hydrogens (tertiary/aromatic N) is 3. The first kappa shape index (κ1) is 21.0. The summed E-state index contributed by atoms with van der Waals surface area (Å²) < 4.78 is 0. The molecule has 2 amide bonds. The van der Waals surface area contributed by atoms with Crippen LogP contribution in [0.5, 0.6) is 0 Å². The fourth-order valence-electron chi connectivity index (χ4n) is 3.79. The molecule has 1 saturated heterocycles.